The highest BCUT2D eigenvalue weighted by atomic mass is 32.2. The van der Waals surface area contributed by atoms with Crippen LogP contribution in [0.3, 0.4) is 0 Å². The Bertz CT molecular complexity index is 1550. The number of sulfonamides is 1. The fourth-order valence-corrected chi connectivity index (χ4v) is 7.34. The van der Waals surface area contributed by atoms with Crippen molar-refractivity contribution in [2.75, 3.05) is 6.54 Å². The third-order valence-electron chi connectivity index (χ3n) is 8.64. The minimum absolute atomic E-state index is 0.0766. The molecule has 2 saturated carbocycles. The zero-order chi connectivity index (χ0) is 34.1. The summed E-state index contributed by atoms with van der Waals surface area (Å²) in [7, 11) is -3.90. The molecule has 0 spiro atoms. The van der Waals surface area contributed by atoms with Gasteiger partial charge in [0.05, 0.1) is 11.8 Å². The number of carbonyl (C=O) groups excluding carboxylic acids is 5. The molecule has 4 amide bonds. The van der Waals surface area contributed by atoms with Crippen molar-refractivity contribution in [1.82, 2.24) is 25.4 Å². The number of nitrogens with zero attached hydrogens (tertiary/aromatic N) is 2. The number of fused-ring (bicyclic) bond motifs is 2. The van der Waals surface area contributed by atoms with Gasteiger partial charge in [-0.2, -0.15) is 0 Å². The predicted octanol–water partition coefficient (Wildman–Crippen LogP) is 2.01. The highest BCUT2D eigenvalue weighted by molar-refractivity contribution is 7.91. The Balaban J connectivity index is 1.42. The van der Waals surface area contributed by atoms with E-state index in [0.29, 0.717) is 31.4 Å². The number of rotatable bonds is 6. The monoisotopic (exact) mass is 677 g/mol. The lowest BCUT2D eigenvalue weighted by atomic mass is 10.0. The van der Waals surface area contributed by atoms with Gasteiger partial charge in [0.15, 0.2) is 5.69 Å². The molecule has 3 fully saturated rings. The average molecular weight is 678 g/mol. The summed E-state index contributed by atoms with van der Waals surface area (Å²) in [6, 6.07) is -0.862. The van der Waals surface area contributed by atoms with Crippen LogP contribution in [0.5, 0.6) is 0 Å². The van der Waals surface area contributed by atoms with Crippen LogP contribution in [0, 0.1) is 12.8 Å². The smallest absolute Gasteiger partial charge is 0.408 e. The van der Waals surface area contributed by atoms with Gasteiger partial charge in [0, 0.05) is 18.4 Å². The van der Waals surface area contributed by atoms with Crippen LogP contribution in [-0.4, -0.2) is 89.4 Å². The summed E-state index contributed by atoms with van der Waals surface area (Å²) in [5.41, 5.74) is -2.44. The van der Waals surface area contributed by atoms with Crippen molar-refractivity contribution in [3.63, 3.8) is 0 Å². The van der Waals surface area contributed by atoms with Crippen molar-refractivity contribution in [2.45, 2.75) is 120 Å². The zero-order valence-corrected chi connectivity index (χ0v) is 27.9. The van der Waals surface area contributed by atoms with Gasteiger partial charge in [-0.25, -0.2) is 18.0 Å². The molecule has 47 heavy (non-hydrogen) atoms. The molecule has 3 heterocycles. The number of aryl methyl sites for hydroxylation is 1. The summed E-state index contributed by atoms with van der Waals surface area (Å²) < 4.78 is 43.5. The Morgan fingerprint density at radius 1 is 1.13 bits per heavy atom. The van der Waals surface area contributed by atoms with E-state index in [9.17, 15) is 32.4 Å². The number of allylic oxidation sites excluding steroid dienone is 1. The largest absolute Gasteiger partial charge is 0.456 e. The first kappa shape index (κ1) is 34.4. The maximum atomic E-state index is 14.1. The lowest BCUT2D eigenvalue weighted by Crippen LogP contribution is -2.58. The van der Waals surface area contributed by atoms with Gasteiger partial charge in [0.1, 0.15) is 35.1 Å². The molecule has 5 atom stereocenters. The number of alkyl carbamates (subject to hydrolysis) is 1. The highest BCUT2D eigenvalue weighted by Gasteiger charge is 2.62. The van der Waals surface area contributed by atoms with Gasteiger partial charge in [-0.1, -0.05) is 30.2 Å². The normalized spacial score (nSPS) is 28.6. The Kier molecular flexibility index (Phi) is 9.71. The molecule has 3 N–H and O–H groups in total. The molecule has 5 rings (SSSR count). The quantitative estimate of drug-likeness (QED) is 0.294. The fraction of sp³-hybridized carbons (Fsp3) is 0.677. The van der Waals surface area contributed by atoms with Crippen molar-refractivity contribution in [2.24, 2.45) is 5.92 Å². The second-order valence-corrected chi connectivity index (χ2v) is 15.8. The minimum Gasteiger partial charge on any atom is -0.456 e. The van der Waals surface area contributed by atoms with E-state index in [1.165, 1.54) is 11.0 Å². The SMILES string of the molecule is Cc1cc(C(=O)O[C@@H]2C[C@H]3C(=O)N[C@]4(C(=O)NS(=O)(=O)C5CC5)C[C@H]4C=CCCCCC[C@H](NC(=O)OC(C)(C)C)C(=O)N3C2)no1. The van der Waals surface area contributed by atoms with Gasteiger partial charge in [0.2, 0.25) is 21.8 Å². The Morgan fingerprint density at radius 3 is 2.53 bits per heavy atom. The second-order valence-electron chi connectivity index (χ2n) is 13.8. The number of nitrogens with one attached hydrogen (secondary N) is 3. The highest BCUT2D eigenvalue weighted by Crippen LogP contribution is 2.46. The van der Waals surface area contributed by atoms with Gasteiger partial charge < -0.3 is 29.5 Å². The first-order valence-electron chi connectivity index (χ1n) is 16.1. The molecule has 2 aliphatic carbocycles. The number of ether oxygens (including phenoxy) is 2. The first-order valence-corrected chi connectivity index (χ1v) is 17.6. The summed E-state index contributed by atoms with van der Waals surface area (Å²) >= 11 is 0. The summed E-state index contributed by atoms with van der Waals surface area (Å²) in [5, 5.41) is 8.45. The fourth-order valence-electron chi connectivity index (χ4n) is 5.97. The second kappa shape index (κ2) is 13.3. The van der Waals surface area contributed by atoms with Crippen LogP contribution >= 0.6 is 0 Å². The molecular weight excluding hydrogens is 634 g/mol. The molecule has 4 aliphatic rings. The number of aromatic nitrogens is 1. The topological polar surface area (TPSA) is 203 Å². The number of carbonyl (C=O) groups is 5. The van der Waals surface area contributed by atoms with Crippen molar-refractivity contribution in [3.05, 3.63) is 29.7 Å². The molecule has 0 bridgehead atoms. The van der Waals surface area contributed by atoms with Gasteiger partial charge >= 0.3 is 12.1 Å². The maximum Gasteiger partial charge on any atom is 0.408 e. The molecular formula is C31H43N5O10S. The molecule has 1 saturated heterocycles. The third kappa shape index (κ3) is 8.32. The van der Waals surface area contributed by atoms with Crippen LogP contribution in [0.15, 0.2) is 22.7 Å². The van der Waals surface area contributed by atoms with Crippen LogP contribution in [0.4, 0.5) is 4.79 Å². The summed E-state index contributed by atoms with van der Waals surface area (Å²) in [4.78, 5) is 68.5. The summed E-state index contributed by atoms with van der Waals surface area (Å²) in [6.07, 6.45) is 6.00. The van der Waals surface area contributed by atoms with Gasteiger partial charge in [-0.05, 0) is 66.2 Å². The molecule has 15 nitrogen and oxygen atoms in total. The predicted molar refractivity (Wildman–Crippen MR) is 165 cm³/mol. The maximum absolute atomic E-state index is 14.1. The Labute approximate surface area is 273 Å². The molecule has 0 radical (unpaired) electrons. The van der Waals surface area contributed by atoms with Crippen molar-refractivity contribution in [3.8, 4) is 0 Å². The minimum atomic E-state index is -3.90. The van der Waals surface area contributed by atoms with Gasteiger partial charge in [-0.3, -0.25) is 19.1 Å². The van der Waals surface area contributed by atoms with Crippen LogP contribution in [0.25, 0.3) is 0 Å². The van der Waals surface area contributed by atoms with E-state index in [1.807, 2.05) is 12.2 Å². The molecule has 16 heteroatoms. The lowest BCUT2D eigenvalue weighted by molar-refractivity contribution is -0.141. The number of amides is 4. The Morgan fingerprint density at radius 2 is 1.87 bits per heavy atom. The lowest BCUT2D eigenvalue weighted by Gasteiger charge is -2.30. The summed E-state index contributed by atoms with van der Waals surface area (Å²) in [6.45, 7) is 6.52. The van der Waals surface area contributed by atoms with Crippen molar-refractivity contribution >= 4 is 39.8 Å². The first-order chi connectivity index (χ1) is 22.1. The van der Waals surface area contributed by atoms with Gasteiger partial charge in [-0.15, -0.1) is 0 Å². The number of hydrogen-bond acceptors (Lipinski definition) is 11. The molecule has 0 aromatic carbocycles. The van der Waals surface area contributed by atoms with Crippen molar-refractivity contribution in [1.29, 1.82) is 0 Å². The molecule has 258 valence electrons. The van der Waals surface area contributed by atoms with E-state index in [2.05, 4.69) is 20.5 Å². The third-order valence-corrected chi connectivity index (χ3v) is 10.5. The van der Waals surface area contributed by atoms with E-state index < -0.39 is 80.3 Å². The molecule has 0 unspecified atom stereocenters. The van der Waals surface area contributed by atoms with Crippen LogP contribution in [0.1, 0.15) is 94.8 Å². The average Bonchev–Trinajstić information content (AvgIpc) is 3.86. The van der Waals surface area contributed by atoms with E-state index in [0.717, 1.165) is 12.8 Å². The van der Waals surface area contributed by atoms with E-state index in [1.54, 1.807) is 27.7 Å². The van der Waals surface area contributed by atoms with E-state index in [4.69, 9.17) is 14.0 Å². The number of hydrogen-bond donors (Lipinski definition) is 3. The molecule has 1 aromatic heterocycles. The molecule has 1 aromatic rings. The standard InChI is InChI=1S/C31H43N5O10S/c1-18-14-23(34-46-18)27(39)44-20-15-24-25(37)33-31(28(40)35-47(42,43)21-12-13-21)16-19(31)10-8-6-5-7-9-11-22(26(38)36(24)17-20)32-29(41)45-30(2,3)4/h8,10,14,19-22,24H,5-7,9,11-13,15-17H2,1-4H3,(H,32,41)(H,33,37)(H,35,40)/t19-,20-,22+,24+,31-/m1/s1. The van der Waals surface area contributed by atoms with E-state index in [-0.39, 0.29) is 31.5 Å². The van der Waals surface area contributed by atoms with Crippen LogP contribution in [-0.2, 0) is 33.9 Å². The zero-order valence-electron chi connectivity index (χ0n) is 27.1. The number of esters is 1. The Hall–Kier alpha value is -3.95. The summed E-state index contributed by atoms with van der Waals surface area (Å²) in [5.74, 6) is -3.00. The van der Waals surface area contributed by atoms with Crippen LogP contribution in [0.2, 0.25) is 0 Å². The van der Waals surface area contributed by atoms with E-state index >= 15 is 0 Å². The molecule has 2 aliphatic heterocycles. The van der Waals surface area contributed by atoms with Gasteiger partial charge in [0.25, 0.3) is 5.91 Å². The van der Waals surface area contributed by atoms with Crippen LogP contribution < -0.4 is 15.4 Å². The van der Waals surface area contributed by atoms with Crippen molar-refractivity contribution < 1.29 is 46.4 Å².